The van der Waals surface area contributed by atoms with Gasteiger partial charge < -0.3 is 20.7 Å². The molecule has 2 fully saturated rings. The van der Waals surface area contributed by atoms with Crippen LogP contribution >= 0.6 is 0 Å². The SMILES string of the molecule is CCC.NC(=O)[C@@H]1CCCCN1C(=O)CNC(=O)OC1CCCC1.[HH].[HH]. The van der Waals surface area contributed by atoms with Gasteiger partial charge >= 0.3 is 6.09 Å². The highest BCUT2D eigenvalue weighted by atomic mass is 16.6. The van der Waals surface area contributed by atoms with Crippen LogP contribution in [0.5, 0.6) is 0 Å². The van der Waals surface area contributed by atoms with Crippen LogP contribution in [0.2, 0.25) is 0 Å². The van der Waals surface area contributed by atoms with Gasteiger partial charge in [0.15, 0.2) is 0 Å². The lowest BCUT2D eigenvalue weighted by atomic mass is 10.0. The Morgan fingerprint density at radius 2 is 1.71 bits per heavy atom. The standard InChI is InChI=1S/C14H23N3O4.C3H8.2H2/c15-13(19)11-7-3-4-8-17(11)12(18)9-16-14(20)21-10-5-1-2-6-10;1-3-2;;/h10-11H,1-9H2,(H2,15,19)(H,16,20);3H2,1-2H3;2*1H/t11-;;;/m0.../s1. The fraction of sp³-hybridized carbons (Fsp3) is 0.824. The molecule has 0 aromatic carbocycles. The Labute approximate surface area is 147 Å². The number of likely N-dealkylation sites (tertiary alicyclic amines) is 1. The molecule has 7 heteroatoms. The number of carbonyl (C=O) groups excluding carboxylic acids is 3. The highest BCUT2D eigenvalue weighted by Crippen LogP contribution is 2.21. The molecular formula is C17H35N3O4. The number of nitrogens with zero attached hydrogens (tertiary/aromatic N) is 1. The van der Waals surface area contributed by atoms with Crippen LogP contribution in [0.4, 0.5) is 4.79 Å². The lowest BCUT2D eigenvalue weighted by Gasteiger charge is -2.33. The molecule has 3 N–H and O–H groups in total. The Morgan fingerprint density at radius 1 is 1.12 bits per heavy atom. The molecule has 2 aliphatic rings. The normalized spacial score (nSPS) is 20.8. The van der Waals surface area contributed by atoms with E-state index in [2.05, 4.69) is 19.2 Å². The van der Waals surface area contributed by atoms with Crippen LogP contribution in [-0.2, 0) is 14.3 Å². The van der Waals surface area contributed by atoms with E-state index in [1.165, 1.54) is 11.3 Å². The molecule has 1 heterocycles. The maximum atomic E-state index is 12.1. The summed E-state index contributed by atoms with van der Waals surface area (Å²) in [7, 11) is 0. The van der Waals surface area contributed by atoms with E-state index in [1.807, 2.05) is 0 Å². The van der Waals surface area contributed by atoms with E-state index < -0.39 is 18.0 Å². The van der Waals surface area contributed by atoms with E-state index in [0.717, 1.165) is 38.5 Å². The first-order valence-corrected chi connectivity index (χ1v) is 9.02. The van der Waals surface area contributed by atoms with Gasteiger partial charge in [0.05, 0.1) is 0 Å². The average Bonchev–Trinajstić information content (AvgIpc) is 3.06. The number of nitrogens with two attached hydrogens (primary N) is 1. The van der Waals surface area contributed by atoms with Gasteiger partial charge in [-0.05, 0) is 44.9 Å². The van der Waals surface area contributed by atoms with Crippen LogP contribution < -0.4 is 11.1 Å². The average molecular weight is 345 g/mol. The number of piperidine rings is 1. The zero-order valence-electron chi connectivity index (χ0n) is 14.9. The van der Waals surface area contributed by atoms with Crippen LogP contribution in [0, 0.1) is 0 Å². The summed E-state index contributed by atoms with van der Waals surface area (Å²) in [5.74, 6) is -0.779. The third-order valence-corrected chi connectivity index (χ3v) is 4.11. The van der Waals surface area contributed by atoms with Gasteiger partial charge in [0.1, 0.15) is 18.7 Å². The quantitative estimate of drug-likeness (QED) is 0.817. The first-order valence-electron chi connectivity index (χ1n) is 9.02. The molecule has 24 heavy (non-hydrogen) atoms. The van der Waals surface area contributed by atoms with Crippen LogP contribution in [-0.4, -0.2) is 48.0 Å². The molecule has 0 bridgehead atoms. The van der Waals surface area contributed by atoms with Crippen molar-refractivity contribution in [2.45, 2.75) is 77.4 Å². The molecule has 1 aliphatic carbocycles. The number of alkyl carbamates (subject to hydrolysis) is 1. The van der Waals surface area contributed by atoms with Crippen molar-refractivity contribution in [1.82, 2.24) is 10.2 Å². The van der Waals surface area contributed by atoms with Gasteiger partial charge in [-0.2, -0.15) is 0 Å². The maximum Gasteiger partial charge on any atom is 0.407 e. The first kappa shape index (κ1) is 20.3. The predicted molar refractivity (Wildman–Crippen MR) is 95.5 cm³/mol. The highest BCUT2D eigenvalue weighted by molar-refractivity contribution is 5.88. The molecule has 3 amide bonds. The van der Waals surface area contributed by atoms with Crippen LogP contribution in [0.3, 0.4) is 0 Å². The van der Waals surface area contributed by atoms with E-state index in [-0.39, 0.29) is 21.4 Å². The molecule has 0 radical (unpaired) electrons. The largest absolute Gasteiger partial charge is 0.446 e. The summed E-state index contributed by atoms with van der Waals surface area (Å²) in [5.41, 5.74) is 5.32. The first-order chi connectivity index (χ1) is 11.5. The van der Waals surface area contributed by atoms with Crippen molar-refractivity contribution in [2.24, 2.45) is 5.73 Å². The maximum absolute atomic E-state index is 12.1. The molecule has 1 saturated heterocycles. The van der Waals surface area contributed by atoms with Crippen molar-refractivity contribution >= 4 is 17.9 Å². The number of primary amides is 1. The van der Waals surface area contributed by atoms with E-state index >= 15 is 0 Å². The molecule has 1 atom stereocenters. The second-order valence-electron chi connectivity index (χ2n) is 6.37. The summed E-state index contributed by atoms with van der Waals surface area (Å²) in [6.07, 6.45) is 6.89. The smallest absolute Gasteiger partial charge is 0.407 e. The van der Waals surface area contributed by atoms with E-state index in [4.69, 9.17) is 10.5 Å². The molecule has 0 aromatic heterocycles. The summed E-state index contributed by atoms with van der Waals surface area (Å²) in [5, 5.41) is 2.46. The molecule has 2 rings (SSSR count). The van der Waals surface area contributed by atoms with E-state index in [0.29, 0.717) is 13.0 Å². The summed E-state index contributed by atoms with van der Waals surface area (Å²) in [6.45, 7) is 4.60. The van der Waals surface area contributed by atoms with Gasteiger partial charge in [-0.1, -0.05) is 20.3 Å². The van der Waals surface area contributed by atoms with Gasteiger partial charge in [0.25, 0.3) is 0 Å². The fourth-order valence-corrected chi connectivity index (χ4v) is 2.97. The van der Waals surface area contributed by atoms with E-state index in [9.17, 15) is 14.4 Å². The molecule has 0 aromatic rings. The number of nitrogens with one attached hydrogen (secondary N) is 1. The molecule has 142 valence electrons. The molecule has 0 spiro atoms. The van der Waals surface area contributed by atoms with Gasteiger partial charge in [0, 0.05) is 9.40 Å². The lowest BCUT2D eigenvalue weighted by Crippen LogP contribution is -2.53. The molecule has 1 saturated carbocycles. The summed E-state index contributed by atoms with van der Waals surface area (Å²) >= 11 is 0. The van der Waals surface area contributed by atoms with Gasteiger partial charge in [-0.15, -0.1) is 0 Å². The summed E-state index contributed by atoms with van der Waals surface area (Å²) in [4.78, 5) is 36.5. The third-order valence-electron chi connectivity index (χ3n) is 4.11. The number of rotatable bonds is 4. The third kappa shape index (κ3) is 6.76. The summed E-state index contributed by atoms with van der Waals surface area (Å²) in [6, 6.07) is -0.557. The minimum Gasteiger partial charge on any atom is -0.446 e. The number of amides is 3. The second kappa shape index (κ2) is 10.9. The number of hydrogen-bond donors (Lipinski definition) is 2. The van der Waals surface area contributed by atoms with Crippen molar-refractivity contribution in [3.05, 3.63) is 0 Å². The predicted octanol–water partition coefficient (Wildman–Crippen LogP) is 2.43. The fourth-order valence-electron chi connectivity index (χ4n) is 2.97. The minimum atomic E-state index is -0.567. The Balaban J connectivity index is 0. The number of hydrogen-bond acceptors (Lipinski definition) is 4. The van der Waals surface area contributed by atoms with Gasteiger partial charge in [-0.25, -0.2) is 4.79 Å². The summed E-state index contributed by atoms with van der Waals surface area (Å²) < 4.78 is 5.21. The van der Waals surface area contributed by atoms with Crippen molar-refractivity contribution in [3.63, 3.8) is 0 Å². The molecule has 1 aliphatic heterocycles. The highest BCUT2D eigenvalue weighted by Gasteiger charge is 2.30. The lowest BCUT2D eigenvalue weighted by molar-refractivity contribution is -0.140. The zero-order valence-corrected chi connectivity index (χ0v) is 14.9. The van der Waals surface area contributed by atoms with Crippen LogP contribution in [0.15, 0.2) is 0 Å². The van der Waals surface area contributed by atoms with Crippen LogP contribution in [0.1, 0.15) is 68.1 Å². The van der Waals surface area contributed by atoms with Crippen LogP contribution in [0.25, 0.3) is 0 Å². The van der Waals surface area contributed by atoms with Crippen molar-refractivity contribution in [1.29, 1.82) is 0 Å². The Hall–Kier alpha value is -1.79. The topological polar surface area (TPSA) is 102 Å². The Bertz CT molecular complexity index is 432. The zero-order chi connectivity index (χ0) is 17.9. The Morgan fingerprint density at radius 3 is 2.29 bits per heavy atom. The molecular weight excluding hydrogens is 310 g/mol. The van der Waals surface area contributed by atoms with Gasteiger partial charge in [0.2, 0.25) is 11.8 Å². The van der Waals surface area contributed by atoms with Crippen molar-refractivity contribution < 1.29 is 22.0 Å². The number of ether oxygens (including phenoxy) is 1. The molecule has 0 unspecified atom stereocenters. The van der Waals surface area contributed by atoms with Crippen molar-refractivity contribution in [2.75, 3.05) is 13.1 Å². The molecule has 7 nitrogen and oxygen atoms in total. The minimum absolute atomic E-state index is 0. The van der Waals surface area contributed by atoms with Crippen molar-refractivity contribution in [3.8, 4) is 0 Å². The Kier molecular flexibility index (Phi) is 9.19. The van der Waals surface area contributed by atoms with E-state index in [1.54, 1.807) is 0 Å². The van der Waals surface area contributed by atoms with Gasteiger partial charge in [-0.3, -0.25) is 9.59 Å². The monoisotopic (exact) mass is 345 g/mol. The second-order valence-corrected chi connectivity index (χ2v) is 6.37. The number of carbonyl (C=O) groups is 3.